The molecule has 0 aromatic rings. The molecule has 0 heterocycles. The molecule has 0 aliphatic heterocycles. The first-order chi connectivity index (χ1) is 16.8. The Morgan fingerprint density at radius 1 is 1.22 bits per heavy atom. The van der Waals surface area contributed by atoms with Crippen molar-refractivity contribution in [3.8, 4) is 0 Å². The van der Waals surface area contributed by atoms with Crippen LogP contribution < -0.4 is 0 Å². The van der Waals surface area contributed by atoms with Gasteiger partial charge < -0.3 is 25.0 Å². The zero-order chi connectivity index (χ0) is 26.8. The van der Waals surface area contributed by atoms with Crippen LogP contribution in [0.2, 0.25) is 0 Å². The predicted molar refractivity (Wildman–Crippen MR) is 143 cm³/mol. The van der Waals surface area contributed by atoms with Crippen molar-refractivity contribution in [3.63, 3.8) is 0 Å². The number of nitrogens with zero attached hydrogens (tertiary/aromatic N) is 1. The van der Waals surface area contributed by atoms with Crippen LogP contribution in [0.4, 0.5) is 4.79 Å². The Bertz CT molecular complexity index is 916. The first-order valence-corrected chi connectivity index (χ1v) is 13.5. The molecule has 0 spiro atoms. The van der Waals surface area contributed by atoms with Crippen LogP contribution in [0.1, 0.15) is 72.6 Å². The number of hydrogen-bond donors (Lipinski definition) is 3. The molecule has 3 fully saturated rings. The lowest BCUT2D eigenvalue weighted by Gasteiger charge is -2.44. The summed E-state index contributed by atoms with van der Waals surface area (Å²) in [6.45, 7) is 12.2. The summed E-state index contributed by atoms with van der Waals surface area (Å²) in [5, 5.41) is 31.0. The highest BCUT2D eigenvalue weighted by Gasteiger charge is 2.50. The second kappa shape index (κ2) is 11.2. The first-order valence-electron chi connectivity index (χ1n) is 13.5. The minimum atomic E-state index is -1.02. The maximum Gasteiger partial charge on any atom is 0.409 e. The van der Waals surface area contributed by atoms with Crippen LogP contribution >= 0.6 is 0 Å². The summed E-state index contributed by atoms with van der Waals surface area (Å²) in [4.78, 5) is 13.3. The van der Waals surface area contributed by atoms with Crippen molar-refractivity contribution in [3.05, 3.63) is 47.6 Å². The van der Waals surface area contributed by atoms with E-state index >= 15 is 0 Å². The van der Waals surface area contributed by atoms with Gasteiger partial charge in [-0.05, 0) is 86.7 Å². The van der Waals surface area contributed by atoms with E-state index in [1.165, 1.54) is 16.9 Å². The molecular weight excluding hydrogens is 454 g/mol. The topological polar surface area (TPSA) is 90.2 Å². The molecule has 3 rings (SSSR count). The molecule has 202 valence electrons. The molecule has 0 bridgehead atoms. The average Bonchev–Trinajstić information content (AvgIpc) is 3.15. The predicted octanol–water partition coefficient (Wildman–Crippen LogP) is 5.16. The Labute approximate surface area is 217 Å². The summed E-state index contributed by atoms with van der Waals surface area (Å²) in [6, 6.07) is 0. The monoisotopic (exact) mass is 501 g/mol. The van der Waals surface area contributed by atoms with E-state index in [9.17, 15) is 20.1 Å². The highest BCUT2D eigenvalue weighted by Crippen LogP contribution is 2.59. The fourth-order valence-electron chi connectivity index (χ4n) is 6.63. The number of allylic oxidation sites excluding steroid dienone is 4. The van der Waals surface area contributed by atoms with Gasteiger partial charge in [0.1, 0.15) is 11.7 Å². The maximum atomic E-state index is 12.0. The molecule has 6 heteroatoms. The van der Waals surface area contributed by atoms with Crippen molar-refractivity contribution >= 4 is 6.09 Å². The summed E-state index contributed by atoms with van der Waals surface area (Å²) in [5.74, 6) is 1.30. The number of carbonyl (C=O) groups excluding carboxylic acids is 1. The molecular formula is C30H47NO5. The van der Waals surface area contributed by atoms with E-state index in [4.69, 9.17) is 4.74 Å². The molecule has 3 aliphatic rings. The van der Waals surface area contributed by atoms with Gasteiger partial charge in [0, 0.05) is 20.5 Å². The average molecular weight is 502 g/mol. The molecule has 7 atom stereocenters. The molecule has 0 radical (unpaired) electrons. The van der Waals surface area contributed by atoms with E-state index in [0.29, 0.717) is 24.7 Å². The van der Waals surface area contributed by atoms with Crippen LogP contribution in [-0.4, -0.2) is 64.3 Å². The van der Waals surface area contributed by atoms with Crippen LogP contribution in [0.15, 0.2) is 47.6 Å². The number of hydrogen-bond acceptors (Lipinski definition) is 5. The van der Waals surface area contributed by atoms with Gasteiger partial charge in [0.25, 0.3) is 0 Å². The number of ether oxygens (including phenoxy) is 1. The van der Waals surface area contributed by atoms with Gasteiger partial charge in [-0.3, -0.25) is 0 Å². The van der Waals surface area contributed by atoms with Crippen molar-refractivity contribution in [2.24, 2.45) is 23.2 Å². The molecule has 0 saturated heterocycles. The number of carbonyl (C=O) groups is 1. The van der Waals surface area contributed by atoms with E-state index in [1.807, 2.05) is 0 Å². The Morgan fingerprint density at radius 3 is 2.58 bits per heavy atom. The van der Waals surface area contributed by atoms with E-state index in [-0.39, 0.29) is 11.3 Å². The minimum absolute atomic E-state index is 0.187. The fraction of sp³-hybridized carbons (Fsp3) is 0.700. The van der Waals surface area contributed by atoms with Crippen LogP contribution in [0, 0.1) is 23.2 Å². The molecule has 0 aromatic carbocycles. The molecule has 36 heavy (non-hydrogen) atoms. The van der Waals surface area contributed by atoms with E-state index in [2.05, 4.69) is 38.7 Å². The maximum absolute atomic E-state index is 12.0. The lowest BCUT2D eigenvalue weighted by Crippen LogP contribution is -2.42. The Hall–Kier alpha value is -1.89. The van der Waals surface area contributed by atoms with Gasteiger partial charge in [-0.15, -0.1) is 0 Å². The Kier molecular flexibility index (Phi) is 8.95. The highest BCUT2D eigenvalue weighted by atomic mass is 16.6. The second-order valence-electron chi connectivity index (χ2n) is 12.2. The van der Waals surface area contributed by atoms with E-state index in [1.54, 1.807) is 34.0 Å². The van der Waals surface area contributed by atoms with Gasteiger partial charge in [0.2, 0.25) is 0 Å². The summed E-state index contributed by atoms with van der Waals surface area (Å²) < 4.78 is 5.47. The van der Waals surface area contributed by atoms with Crippen LogP contribution in [0.5, 0.6) is 0 Å². The van der Waals surface area contributed by atoms with Gasteiger partial charge in [-0.25, -0.2) is 4.79 Å². The van der Waals surface area contributed by atoms with Gasteiger partial charge >= 0.3 is 6.09 Å². The molecule has 6 nitrogen and oxygen atoms in total. The van der Waals surface area contributed by atoms with Crippen molar-refractivity contribution in [1.82, 2.24) is 4.90 Å². The second-order valence-corrected chi connectivity index (χ2v) is 12.2. The van der Waals surface area contributed by atoms with Crippen molar-refractivity contribution < 1.29 is 24.9 Å². The van der Waals surface area contributed by atoms with Crippen LogP contribution in [0.25, 0.3) is 0 Å². The number of aliphatic hydroxyl groups excluding tert-OH is 3. The van der Waals surface area contributed by atoms with E-state index < -0.39 is 30.0 Å². The standard InChI is InChI=1S/C30H47NO5/c1-19(10-15-27(34)29(3,4)36-28(35)31(6)7)24-13-14-25-21(9-8-16-30(24,25)5)11-12-22-17-23(32)18-26(33)20(22)2/h10-12,15,19,23-27,32-34H,2,8-9,13-14,16-18H2,1,3-7H3/b15-10+,21-11+,22-12-/t19-,23?,24-,25+,26?,27-,30-/m1/s1. The van der Waals surface area contributed by atoms with Gasteiger partial charge in [0.15, 0.2) is 0 Å². The van der Waals surface area contributed by atoms with Crippen molar-refractivity contribution in [1.29, 1.82) is 0 Å². The summed E-state index contributed by atoms with van der Waals surface area (Å²) >= 11 is 0. The third kappa shape index (κ3) is 6.15. The Balaban J connectivity index is 1.71. The third-order valence-corrected chi connectivity index (χ3v) is 8.96. The number of fused-ring (bicyclic) bond motifs is 1. The molecule has 3 aliphatic carbocycles. The van der Waals surface area contributed by atoms with Gasteiger partial charge in [-0.1, -0.05) is 50.3 Å². The van der Waals surface area contributed by atoms with Crippen molar-refractivity contribution in [2.45, 2.75) is 96.6 Å². The lowest BCUT2D eigenvalue weighted by atomic mass is 9.61. The number of rotatable bonds is 6. The highest BCUT2D eigenvalue weighted by molar-refractivity contribution is 5.67. The summed E-state index contributed by atoms with van der Waals surface area (Å²) in [7, 11) is 3.25. The van der Waals surface area contributed by atoms with Gasteiger partial charge in [0.05, 0.1) is 12.2 Å². The van der Waals surface area contributed by atoms with Crippen molar-refractivity contribution in [2.75, 3.05) is 14.1 Å². The molecule has 3 N–H and O–H groups in total. The normalized spacial score (nSPS) is 35.2. The smallest absolute Gasteiger partial charge is 0.409 e. The molecule has 1 amide bonds. The zero-order valence-corrected chi connectivity index (χ0v) is 23.0. The molecule has 0 aromatic heterocycles. The molecule has 3 saturated carbocycles. The summed E-state index contributed by atoms with van der Waals surface area (Å²) in [5.41, 5.74) is 2.33. The van der Waals surface area contributed by atoms with Gasteiger partial charge in [-0.2, -0.15) is 0 Å². The van der Waals surface area contributed by atoms with Crippen LogP contribution in [-0.2, 0) is 4.74 Å². The van der Waals surface area contributed by atoms with E-state index in [0.717, 1.165) is 36.8 Å². The third-order valence-electron chi connectivity index (χ3n) is 8.96. The SMILES string of the molecule is C=C1/C(=C\C=C2/CCC[C@]3(C)[C@@H]([C@H](C)/C=C/[C@@H](O)C(C)(C)OC(=O)N(C)C)CC[C@@H]23)CC(O)CC1O. The zero-order valence-electron chi connectivity index (χ0n) is 23.0. The molecule has 2 unspecified atom stereocenters. The number of aliphatic hydroxyl groups is 3. The fourth-order valence-corrected chi connectivity index (χ4v) is 6.63. The largest absolute Gasteiger partial charge is 0.440 e. The summed E-state index contributed by atoms with van der Waals surface area (Å²) in [6.07, 6.45) is 12.3. The Morgan fingerprint density at radius 2 is 1.92 bits per heavy atom. The quantitative estimate of drug-likeness (QED) is 0.438. The lowest BCUT2D eigenvalue weighted by molar-refractivity contribution is -0.0457. The van der Waals surface area contributed by atoms with Crippen LogP contribution in [0.3, 0.4) is 0 Å². The minimum Gasteiger partial charge on any atom is -0.440 e. The first kappa shape index (κ1) is 28.7. The number of amides is 1.